The van der Waals surface area contributed by atoms with Gasteiger partial charge >= 0.3 is 0 Å². The van der Waals surface area contributed by atoms with Crippen molar-refractivity contribution in [2.45, 2.75) is 17.7 Å². The molecule has 0 bridgehead atoms. The van der Waals surface area contributed by atoms with Crippen LogP contribution in [0.3, 0.4) is 0 Å². The van der Waals surface area contributed by atoms with E-state index in [1.165, 1.54) is 0 Å². The van der Waals surface area contributed by atoms with Crippen molar-refractivity contribution in [3.63, 3.8) is 0 Å². The number of carbonyl (C=O) groups excluding carboxylic acids is 1. The highest BCUT2D eigenvalue weighted by Crippen LogP contribution is 2.25. The normalized spacial score (nSPS) is 17.1. The second-order valence-electron chi connectivity index (χ2n) is 4.31. The third-order valence-corrected chi connectivity index (χ3v) is 4.94. The first kappa shape index (κ1) is 14.5. The lowest BCUT2D eigenvalue weighted by atomic mass is 10.1. The number of benzene rings is 1. The molecule has 1 aromatic rings. The van der Waals surface area contributed by atoms with E-state index < -0.39 is 31.3 Å². The first-order valence-electron chi connectivity index (χ1n) is 5.78. The maximum absolute atomic E-state index is 13.7. The predicted molar refractivity (Wildman–Crippen MR) is 66.1 cm³/mol. The lowest BCUT2D eigenvalue weighted by Crippen LogP contribution is -2.38. The number of sulfonamides is 1. The van der Waals surface area contributed by atoms with Gasteiger partial charge in [0.1, 0.15) is 16.5 Å². The molecule has 0 radical (unpaired) electrons. The number of halogens is 1. The SMILES string of the molecule is O=C1CCN(S(=O)(=O)c2cc([N+](=O)[O-])ccc2F)CC1. The van der Waals surface area contributed by atoms with E-state index >= 15 is 0 Å². The van der Waals surface area contributed by atoms with E-state index in [4.69, 9.17) is 0 Å². The highest BCUT2D eigenvalue weighted by Gasteiger charge is 2.31. The fraction of sp³-hybridized carbons (Fsp3) is 0.364. The van der Waals surface area contributed by atoms with Crippen molar-refractivity contribution < 1.29 is 22.5 Å². The van der Waals surface area contributed by atoms with Crippen LogP contribution in [0.25, 0.3) is 0 Å². The molecule has 7 nitrogen and oxygen atoms in total. The Hall–Kier alpha value is -1.87. The van der Waals surface area contributed by atoms with Gasteiger partial charge in [-0.15, -0.1) is 0 Å². The Kier molecular flexibility index (Phi) is 3.82. The van der Waals surface area contributed by atoms with Gasteiger partial charge in [-0.2, -0.15) is 4.31 Å². The highest BCUT2D eigenvalue weighted by molar-refractivity contribution is 7.89. The van der Waals surface area contributed by atoms with E-state index in [0.717, 1.165) is 16.4 Å². The molecule has 0 aliphatic carbocycles. The fourth-order valence-corrected chi connectivity index (χ4v) is 3.44. The van der Waals surface area contributed by atoms with E-state index in [0.29, 0.717) is 6.07 Å². The summed E-state index contributed by atoms with van der Waals surface area (Å²) in [6.07, 6.45) is 0.131. The Morgan fingerprint density at radius 3 is 2.40 bits per heavy atom. The molecule has 0 atom stereocenters. The van der Waals surface area contributed by atoms with Gasteiger partial charge in [0.25, 0.3) is 5.69 Å². The Labute approximate surface area is 114 Å². The zero-order valence-corrected chi connectivity index (χ0v) is 11.1. The zero-order valence-electron chi connectivity index (χ0n) is 10.3. The molecule has 1 saturated heterocycles. The van der Waals surface area contributed by atoms with Gasteiger partial charge in [-0.3, -0.25) is 14.9 Å². The zero-order chi connectivity index (χ0) is 14.9. The summed E-state index contributed by atoms with van der Waals surface area (Å²) in [4.78, 5) is 20.2. The van der Waals surface area contributed by atoms with E-state index in [1.807, 2.05) is 0 Å². The third-order valence-electron chi connectivity index (χ3n) is 3.02. The number of nitro benzene ring substituents is 1. The third kappa shape index (κ3) is 2.68. The smallest absolute Gasteiger partial charge is 0.270 e. The highest BCUT2D eigenvalue weighted by atomic mass is 32.2. The van der Waals surface area contributed by atoms with Crippen LogP contribution in [0.4, 0.5) is 10.1 Å². The second-order valence-corrected chi connectivity index (χ2v) is 6.22. The minimum atomic E-state index is -4.17. The summed E-state index contributed by atoms with van der Waals surface area (Å²) in [5, 5.41) is 10.6. The van der Waals surface area contributed by atoms with Crippen LogP contribution < -0.4 is 0 Å². The maximum Gasteiger partial charge on any atom is 0.270 e. The molecule has 1 aliphatic rings. The average molecular weight is 302 g/mol. The van der Waals surface area contributed by atoms with E-state index in [-0.39, 0.29) is 31.7 Å². The maximum atomic E-state index is 13.7. The van der Waals surface area contributed by atoms with Crippen molar-refractivity contribution in [3.05, 3.63) is 34.1 Å². The minimum Gasteiger partial charge on any atom is -0.300 e. The van der Waals surface area contributed by atoms with Gasteiger partial charge in [-0.05, 0) is 6.07 Å². The molecule has 1 fully saturated rings. The molecule has 1 aliphatic heterocycles. The van der Waals surface area contributed by atoms with Crippen molar-refractivity contribution >= 4 is 21.5 Å². The predicted octanol–water partition coefficient (Wildman–Crippen LogP) is 1.09. The quantitative estimate of drug-likeness (QED) is 0.615. The van der Waals surface area contributed by atoms with Gasteiger partial charge in [0.05, 0.1) is 4.92 Å². The molecule has 20 heavy (non-hydrogen) atoms. The number of nitrogens with zero attached hydrogens (tertiary/aromatic N) is 2. The van der Waals surface area contributed by atoms with Gasteiger partial charge < -0.3 is 0 Å². The molecule has 1 heterocycles. The summed E-state index contributed by atoms with van der Waals surface area (Å²) in [7, 11) is -4.17. The van der Waals surface area contributed by atoms with Crippen LogP contribution in [0.15, 0.2) is 23.1 Å². The van der Waals surface area contributed by atoms with E-state index in [9.17, 15) is 27.7 Å². The summed E-state index contributed by atoms with van der Waals surface area (Å²) in [5.41, 5.74) is -0.502. The van der Waals surface area contributed by atoms with Gasteiger partial charge in [-0.25, -0.2) is 12.8 Å². The monoisotopic (exact) mass is 302 g/mol. The van der Waals surface area contributed by atoms with Crippen LogP contribution in [0.1, 0.15) is 12.8 Å². The largest absolute Gasteiger partial charge is 0.300 e. The standard InChI is InChI=1S/C11H11FN2O5S/c12-10-2-1-8(14(16)17)7-11(10)20(18,19)13-5-3-9(15)4-6-13/h1-2,7H,3-6H2. The van der Waals surface area contributed by atoms with E-state index in [2.05, 4.69) is 0 Å². The molecular weight excluding hydrogens is 291 g/mol. The molecule has 0 amide bonds. The number of non-ortho nitro benzene ring substituents is 1. The molecule has 0 N–H and O–H groups in total. The Morgan fingerprint density at radius 1 is 1.25 bits per heavy atom. The van der Waals surface area contributed by atoms with Crippen LogP contribution in [-0.2, 0) is 14.8 Å². The van der Waals surface area contributed by atoms with Gasteiger partial charge in [0, 0.05) is 38.1 Å². The number of carbonyl (C=O) groups is 1. The molecule has 1 aromatic carbocycles. The van der Waals surface area contributed by atoms with Crippen LogP contribution in [0, 0.1) is 15.9 Å². The summed E-state index contributed by atoms with van der Waals surface area (Å²) in [5.74, 6) is -1.11. The van der Waals surface area contributed by atoms with Crippen LogP contribution in [0.2, 0.25) is 0 Å². The van der Waals surface area contributed by atoms with Crippen molar-refractivity contribution in [3.8, 4) is 0 Å². The number of piperidine rings is 1. The van der Waals surface area contributed by atoms with Crippen LogP contribution >= 0.6 is 0 Å². The van der Waals surface area contributed by atoms with Crippen molar-refractivity contribution in [1.82, 2.24) is 4.31 Å². The number of rotatable bonds is 3. The van der Waals surface area contributed by atoms with Crippen molar-refractivity contribution in [1.29, 1.82) is 0 Å². The summed E-state index contributed by atoms with van der Waals surface area (Å²) >= 11 is 0. The topological polar surface area (TPSA) is 97.6 Å². The Morgan fingerprint density at radius 2 is 1.85 bits per heavy atom. The fourth-order valence-electron chi connectivity index (χ4n) is 1.92. The molecule has 9 heteroatoms. The van der Waals surface area contributed by atoms with Gasteiger partial charge in [-0.1, -0.05) is 0 Å². The number of hydrogen-bond acceptors (Lipinski definition) is 5. The summed E-state index contributed by atoms with van der Waals surface area (Å²) in [6, 6.07) is 2.34. The number of hydrogen-bond donors (Lipinski definition) is 0. The number of nitro groups is 1. The second kappa shape index (κ2) is 5.25. The summed E-state index contributed by atoms with van der Waals surface area (Å²) in [6.45, 7) is -0.0768. The first-order chi connectivity index (χ1) is 9.32. The molecule has 0 spiro atoms. The van der Waals surface area contributed by atoms with Crippen molar-refractivity contribution in [2.75, 3.05) is 13.1 Å². The average Bonchev–Trinajstić information content (AvgIpc) is 2.39. The Bertz CT molecular complexity index is 663. The van der Waals surface area contributed by atoms with Gasteiger partial charge in [0.15, 0.2) is 0 Å². The van der Waals surface area contributed by atoms with E-state index in [1.54, 1.807) is 0 Å². The lowest BCUT2D eigenvalue weighted by Gasteiger charge is -2.25. The molecule has 0 unspecified atom stereocenters. The lowest BCUT2D eigenvalue weighted by molar-refractivity contribution is -0.385. The number of ketones is 1. The molecule has 108 valence electrons. The molecule has 2 rings (SSSR count). The summed E-state index contributed by atoms with van der Waals surface area (Å²) < 4.78 is 39.1. The Balaban J connectivity index is 2.41. The van der Waals surface area contributed by atoms with Crippen LogP contribution in [-0.4, -0.2) is 36.5 Å². The molecule has 0 aromatic heterocycles. The first-order valence-corrected chi connectivity index (χ1v) is 7.22. The van der Waals surface area contributed by atoms with Crippen molar-refractivity contribution in [2.24, 2.45) is 0 Å². The molecular formula is C11H11FN2O5S. The minimum absolute atomic E-state index is 0.0384. The van der Waals surface area contributed by atoms with Crippen LogP contribution in [0.5, 0.6) is 0 Å². The number of Topliss-reactive ketones (excluding diaryl/α,β-unsaturated/α-hetero) is 1. The molecule has 0 saturated carbocycles. The van der Waals surface area contributed by atoms with Gasteiger partial charge in [0.2, 0.25) is 10.0 Å².